The van der Waals surface area contributed by atoms with E-state index in [0.717, 1.165) is 18.6 Å². The molecule has 3 aromatic rings. The average molecular weight is 407 g/mol. The zero-order valence-corrected chi connectivity index (χ0v) is 16.7. The molecule has 1 aromatic heterocycles. The van der Waals surface area contributed by atoms with E-state index in [0.29, 0.717) is 21.8 Å². The number of anilines is 2. The molecule has 29 heavy (non-hydrogen) atoms. The van der Waals surface area contributed by atoms with Crippen molar-refractivity contribution in [3.05, 3.63) is 76.5 Å². The fourth-order valence-electron chi connectivity index (χ4n) is 3.35. The molecule has 1 fully saturated rings. The van der Waals surface area contributed by atoms with Crippen LogP contribution in [0.3, 0.4) is 0 Å². The molecule has 0 bridgehead atoms. The predicted molar refractivity (Wildman–Crippen MR) is 116 cm³/mol. The fourth-order valence-corrected chi connectivity index (χ4v) is 3.97. The van der Waals surface area contributed by atoms with Crippen molar-refractivity contribution < 1.29 is 14.3 Å². The van der Waals surface area contributed by atoms with E-state index in [9.17, 15) is 9.59 Å². The van der Waals surface area contributed by atoms with Crippen LogP contribution in [0.4, 0.5) is 11.4 Å². The first-order valence-electron chi connectivity index (χ1n) is 9.70. The Balaban J connectivity index is 1.36. The third kappa shape index (κ3) is 5.03. The highest BCUT2D eigenvalue weighted by atomic mass is 32.1. The average Bonchev–Trinajstić information content (AvgIpc) is 3.43. The summed E-state index contributed by atoms with van der Waals surface area (Å²) < 4.78 is 6.00. The number of thiophene rings is 1. The normalized spacial score (nSPS) is 13.8. The van der Waals surface area contributed by atoms with Crippen LogP contribution >= 0.6 is 11.3 Å². The molecule has 1 aliphatic rings. The van der Waals surface area contributed by atoms with Crippen LogP contribution in [0.25, 0.3) is 0 Å². The van der Waals surface area contributed by atoms with Crippen molar-refractivity contribution in [1.82, 2.24) is 0 Å². The second-order valence-electron chi connectivity index (χ2n) is 7.02. The van der Waals surface area contributed by atoms with E-state index in [4.69, 9.17) is 4.74 Å². The molecule has 4 rings (SSSR count). The first-order valence-corrected chi connectivity index (χ1v) is 10.6. The van der Waals surface area contributed by atoms with Crippen LogP contribution in [0.2, 0.25) is 0 Å². The molecule has 148 valence electrons. The van der Waals surface area contributed by atoms with E-state index in [1.807, 2.05) is 35.7 Å². The molecule has 2 aromatic carbocycles. The molecule has 0 aliphatic heterocycles. The summed E-state index contributed by atoms with van der Waals surface area (Å²) in [6.45, 7) is 0. The van der Waals surface area contributed by atoms with Gasteiger partial charge in [-0.25, -0.2) is 0 Å². The minimum Gasteiger partial charge on any atom is -0.490 e. The summed E-state index contributed by atoms with van der Waals surface area (Å²) in [6.07, 6.45) is 4.88. The maximum atomic E-state index is 12.6. The Morgan fingerprint density at radius 3 is 2.34 bits per heavy atom. The van der Waals surface area contributed by atoms with E-state index in [-0.39, 0.29) is 17.9 Å². The van der Waals surface area contributed by atoms with E-state index in [1.165, 1.54) is 24.2 Å². The number of carbonyl (C=O) groups excluding carboxylic acids is 2. The zero-order valence-electron chi connectivity index (χ0n) is 15.9. The first kappa shape index (κ1) is 19.2. The molecule has 6 heteroatoms. The Bertz CT molecular complexity index is 978. The molecule has 0 unspecified atom stereocenters. The number of hydrogen-bond acceptors (Lipinski definition) is 4. The third-order valence-electron chi connectivity index (χ3n) is 4.85. The van der Waals surface area contributed by atoms with E-state index >= 15 is 0 Å². The molecule has 2 amide bonds. The van der Waals surface area contributed by atoms with Gasteiger partial charge in [-0.2, -0.15) is 0 Å². The Morgan fingerprint density at radius 1 is 0.862 bits per heavy atom. The van der Waals surface area contributed by atoms with Crippen LogP contribution in [-0.4, -0.2) is 17.9 Å². The number of ether oxygens (including phenoxy) is 1. The minimum absolute atomic E-state index is 0.156. The summed E-state index contributed by atoms with van der Waals surface area (Å²) in [5, 5.41) is 7.58. The van der Waals surface area contributed by atoms with Gasteiger partial charge >= 0.3 is 0 Å². The molecule has 1 saturated carbocycles. The van der Waals surface area contributed by atoms with Gasteiger partial charge in [0.25, 0.3) is 11.8 Å². The lowest BCUT2D eigenvalue weighted by atomic mass is 10.2. The van der Waals surface area contributed by atoms with Crippen LogP contribution in [-0.2, 0) is 0 Å². The summed E-state index contributed by atoms with van der Waals surface area (Å²) in [5.41, 5.74) is 1.86. The van der Waals surface area contributed by atoms with E-state index < -0.39 is 0 Å². The Labute approximate surface area is 173 Å². The number of carbonyl (C=O) groups is 2. The van der Waals surface area contributed by atoms with Gasteiger partial charge in [-0.05, 0) is 73.5 Å². The third-order valence-corrected chi connectivity index (χ3v) is 5.72. The van der Waals surface area contributed by atoms with Crippen molar-refractivity contribution in [2.75, 3.05) is 10.6 Å². The topological polar surface area (TPSA) is 67.4 Å². The summed E-state index contributed by atoms with van der Waals surface area (Å²) in [4.78, 5) is 25.3. The number of nitrogens with one attached hydrogen (secondary N) is 2. The van der Waals surface area contributed by atoms with Gasteiger partial charge in [-0.15, -0.1) is 11.3 Å². The smallest absolute Gasteiger partial charge is 0.265 e. The van der Waals surface area contributed by atoms with Gasteiger partial charge in [-0.3, -0.25) is 9.59 Å². The van der Waals surface area contributed by atoms with Gasteiger partial charge in [0.2, 0.25) is 0 Å². The molecule has 2 N–H and O–H groups in total. The molecular formula is C23H22N2O3S. The summed E-state index contributed by atoms with van der Waals surface area (Å²) in [7, 11) is 0. The number of amides is 2. The van der Waals surface area contributed by atoms with Crippen LogP contribution in [0.5, 0.6) is 5.75 Å². The van der Waals surface area contributed by atoms with Crippen LogP contribution < -0.4 is 15.4 Å². The molecular weight excluding hydrogens is 384 g/mol. The highest BCUT2D eigenvalue weighted by Crippen LogP contribution is 2.26. The van der Waals surface area contributed by atoms with Crippen molar-refractivity contribution in [3.8, 4) is 5.75 Å². The molecule has 1 heterocycles. The highest BCUT2D eigenvalue weighted by molar-refractivity contribution is 7.12. The number of hydrogen-bond donors (Lipinski definition) is 2. The molecule has 0 saturated heterocycles. The van der Waals surface area contributed by atoms with Crippen molar-refractivity contribution >= 4 is 34.5 Å². The monoisotopic (exact) mass is 406 g/mol. The zero-order chi connectivity index (χ0) is 20.1. The molecule has 0 spiro atoms. The van der Waals surface area contributed by atoms with Crippen molar-refractivity contribution in [3.63, 3.8) is 0 Å². The second-order valence-corrected chi connectivity index (χ2v) is 7.96. The standard InChI is InChI=1S/C23H22N2O3S/c26-22(25-18-5-3-8-20(15-18)28-19-6-1-2-7-19)16-10-12-17(13-11-16)24-23(27)21-9-4-14-29-21/h3-5,8-15,19H,1-2,6-7H2,(H,24,27)(H,25,26). The lowest BCUT2D eigenvalue weighted by Gasteiger charge is -2.14. The van der Waals surface area contributed by atoms with Gasteiger partial charge in [0.05, 0.1) is 11.0 Å². The minimum atomic E-state index is -0.209. The van der Waals surface area contributed by atoms with Crippen LogP contribution in [0.15, 0.2) is 66.0 Å². The predicted octanol–water partition coefficient (Wildman–Crippen LogP) is 5.57. The van der Waals surface area contributed by atoms with E-state index in [1.54, 1.807) is 30.3 Å². The SMILES string of the molecule is O=C(Nc1cccc(OC2CCCC2)c1)c1ccc(NC(=O)c2cccs2)cc1. The van der Waals surface area contributed by atoms with Gasteiger partial charge in [0, 0.05) is 23.0 Å². The van der Waals surface area contributed by atoms with Crippen molar-refractivity contribution in [2.45, 2.75) is 31.8 Å². The van der Waals surface area contributed by atoms with Gasteiger partial charge in [0.15, 0.2) is 0 Å². The van der Waals surface area contributed by atoms with Gasteiger partial charge in [-0.1, -0.05) is 12.1 Å². The summed E-state index contributed by atoms with van der Waals surface area (Å²) >= 11 is 1.38. The summed E-state index contributed by atoms with van der Waals surface area (Å²) in [6, 6.07) is 17.9. The Morgan fingerprint density at radius 2 is 1.62 bits per heavy atom. The maximum Gasteiger partial charge on any atom is 0.265 e. The number of rotatable bonds is 6. The van der Waals surface area contributed by atoms with Crippen molar-refractivity contribution in [1.29, 1.82) is 0 Å². The highest BCUT2D eigenvalue weighted by Gasteiger charge is 2.16. The lowest BCUT2D eigenvalue weighted by molar-refractivity contribution is 0.102. The van der Waals surface area contributed by atoms with Crippen LogP contribution in [0.1, 0.15) is 45.7 Å². The van der Waals surface area contributed by atoms with E-state index in [2.05, 4.69) is 10.6 Å². The van der Waals surface area contributed by atoms with Gasteiger partial charge < -0.3 is 15.4 Å². The second kappa shape index (κ2) is 8.92. The molecule has 5 nitrogen and oxygen atoms in total. The van der Waals surface area contributed by atoms with Gasteiger partial charge in [0.1, 0.15) is 5.75 Å². The molecule has 0 atom stereocenters. The van der Waals surface area contributed by atoms with Crippen molar-refractivity contribution in [2.24, 2.45) is 0 Å². The molecule has 1 aliphatic carbocycles. The summed E-state index contributed by atoms with van der Waals surface area (Å²) in [5.74, 6) is 0.414. The number of benzene rings is 2. The molecule has 0 radical (unpaired) electrons. The largest absolute Gasteiger partial charge is 0.490 e. The maximum absolute atomic E-state index is 12.6. The quantitative estimate of drug-likeness (QED) is 0.562. The lowest BCUT2D eigenvalue weighted by Crippen LogP contribution is -2.14. The Kier molecular flexibility index (Phi) is 5.91. The Hall–Kier alpha value is -3.12. The first-order chi connectivity index (χ1) is 14.2. The van der Waals surface area contributed by atoms with Crippen LogP contribution in [0, 0.1) is 0 Å². The fraction of sp³-hybridized carbons (Fsp3) is 0.217.